The molecular weight excluding hydrogens is 683 g/mol. The molecule has 0 spiro atoms. The number of para-hydroxylation sites is 1. The Morgan fingerprint density at radius 3 is 1.69 bits per heavy atom. The molecule has 11 rings (SSSR count). The van der Waals surface area contributed by atoms with Crippen molar-refractivity contribution in [1.29, 1.82) is 0 Å². The molecular formula is C53H35NS. The van der Waals surface area contributed by atoms with Crippen molar-refractivity contribution in [3.05, 3.63) is 235 Å². The minimum atomic E-state index is -0.504. The molecule has 0 bridgehead atoms. The van der Waals surface area contributed by atoms with E-state index in [1.165, 1.54) is 75.5 Å². The second kappa shape index (κ2) is 12.7. The van der Waals surface area contributed by atoms with E-state index in [2.05, 4.69) is 217 Å². The van der Waals surface area contributed by atoms with E-state index in [0.29, 0.717) is 0 Å². The van der Waals surface area contributed by atoms with E-state index in [1.807, 2.05) is 11.3 Å². The van der Waals surface area contributed by atoms with E-state index in [9.17, 15) is 0 Å². The number of hydrogen-bond donors (Lipinski definition) is 0. The topological polar surface area (TPSA) is 3.24 Å². The lowest BCUT2D eigenvalue weighted by atomic mass is 9.68. The summed E-state index contributed by atoms with van der Waals surface area (Å²) in [5, 5.41) is 5.03. The third kappa shape index (κ3) is 4.72. The van der Waals surface area contributed by atoms with Crippen LogP contribution in [0.4, 0.5) is 17.1 Å². The Balaban J connectivity index is 1.27. The van der Waals surface area contributed by atoms with Gasteiger partial charge in [0.1, 0.15) is 0 Å². The summed E-state index contributed by atoms with van der Waals surface area (Å²) in [6.07, 6.45) is 0. The van der Waals surface area contributed by atoms with E-state index >= 15 is 0 Å². The smallest absolute Gasteiger partial charge is 0.0714 e. The van der Waals surface area contributed by atoms with Crippen molar-refractivity contribution in [3.63, 3.8) is 0 Å². The lowest BCUT2D eigenvalue weighted by molar-refractivity contribution is 0.768. The Morgan fingerprint density at radius 1 is 0.345 bits per heavy atom. The standard InChI is InChI=1S/C53H35NS/c1-3-20-37(21-4-1)53(38-22-5-2-6-23-38)44-29-12-9-26-42(44)52-45(53)30-17-33-48(52)54(46-32-15-19-36-18-7-8-24-39(36)46)47-31-13-10-25-40(47)41-28-16-35-50-51(41)43-27-11-14-34-49(43)55-50/h1-35H. The monoisotopic (exact) mass is 717 g/mol. The van der Waals surface area contributed by atoms with Crippen molar-refractivity contribution in [3.8, 4) is 22.3 Å². The average molecular weight is 718 g/mol. The molecule has 10 aromatic rings. The molecule has 0 unspecified atom stereocenters. The van der Waals surface area contributed by atoms with Crippen LogP contribution in [0, 0.1) is 0 Å². The van der Waals surface area contributed by atoms with Crippen LogP contribution in [0.2, 0.25) is 0 Å². The van der Waals surface area contributed by atoms with E-state index in [1.54, 1.807) is 0 Å². The minimum absolute atomic E-state index is 0.504. The predicted molar refractivity (Wildman–Crippen MR) is 234 cm³/mol. The molecule has 0 aliphatic heterocycles. The van der Waals surface area contributed by atoms with Gasteiger partial charge in [-0.15, -0.1) is 11.3 Å². The quantitative estimate of drug-likeness (QED) is 0.166. The lowest BCUT2D eigenvalue weighted by Crippen LogP contribution is -2.28. The fraction of sp³-hybridized carbons (Fsp3) is 0.0189. The second-order valence-corrected chi connectivity index (χ2v) is 15.4. The van der Waals surface area contributed by atoms with Gasteiger partial charge in [0.05, 0.1) is 22.5 Å². The van der Waals surface area contributed by atoms with E-state index in [-0.39, 0.29) is 0 Å². The summed E-state index contributed by atoms with van der Waals surface area (Å²) >= 11 is 1.87. The van der Waals surface area contributed by atoms with Crippen molar-refractivity contribution in [2.45, 2.75) is 5.41 Å². The Labute approximate surface area is 325 Å². The van der Waals surface area contributed by atoms with Gasteiger partial charge in [0, 0.05) is 36.7 Å². The number of benzene rings is 9. The van der Waals surface area contributed by atoms with Gasteiger partial charge in [0.2, 0.25) is 0 Å². The third-order valence-corrected chi connectivity index (χ3v) is 12.7. The number of fused-ring (bicyclic) bond motifs is 7. The maximum Gasteiger partial charge on any atom is 0.0714 e. The third-order valence-electron chi connectivity index (χ3n) is 11.5. The van der Waals surface area contributed by atoms with Gasteiger partial charge >= 0.3 is 0 Å². The van der Waals surface area contributed by atoms with Crippen LogP contribution in [-0.2, 0) is 5.41 Å². The summed E-state index contributed by atoms with van der Waals surface area (Å²) in [6.45, 7) is 0. The molecule has 1 aliphatic rings. The molecule has 1 aliphatic carbocycles. The summed E-state index contributed by atoms with van der Waals surface area (Å²) < 4.78 is 2.61. The molecule has 2 heteroatoms. The van der Waals surface area contributed by atoms with Gasteiger partial charge in [-0.3, -0.25) is 0 Å². The van der Waals surface area contributed by atoms with Gasteiger partial charge in [-0.05, 0) is 69.1 Å². The van der Waals surface area contributed by atoms with Crippen molar-refractivity contribution in [1.82, 2.24) is 0 Å². The molecule has 0 saturated carbocycles. The first-order valence-electron chi connectivity index (χ1n) is 18.9. The molecule has 0 saturated heterocycles. The zero-order valence-electron chi connectivity index (χ0n) is 30.1. The van der Waals surface area contributed by atoms with Crippen LogP contribution in [0.15, 0.2) is 212 Å². The SMILES string of the molecule is c1ccc(C2(c3ccccc3)c3ccccc3-c3c(N(c4ccccc4-c4cccc5sc6ccccc6c45)c4cccc5ccccc45)cccc32)cc1. The van der Waals surface area contributed by atoms with Crippen LogP contribution in [-0.4, -0.2) is 0 Å². The molecule has 0 fully saturated rings. The van der Waals surface area contributed by atoms with Crippen molar-refractivity contribution >= 4 is 59.3 Å². The van der Waals surface area contributed by atoms with Crippen LogP contribution < -0.4 is 4.90 Å². The molecule has 1 nitrogen and oxygen atoms in total. The first-order valence-corrected chi connectivity index (χ1v) is 19.8. The molecule has 9 aromatic carbocycles. The molecule has 0 radical (unpaired) electrons. The molecule has 258 valence electrons. The molecule has 55 heavy (non-hydrogen) atoms. The zero-order chi connectivity index (χ0) is 36.3. The Bertz CT molecular complexity index is 3000. The van der Waals surface area contributed by atoms with Crippen LogP contribution in [0.1, 0.15) is 22.3 Å². The first-order chi connectivity index (χ1) is 27.3. The van der Waals surface area contributed by atoms with Gasteiger partial charge in [0.25, 0.3) is 0 Å². The highest BCUT2D eigenvalue weighted by Gasteiger charge is 2.47. The molecule has 1 aromatic heterocycles. The van der Waals surface area contributed by atoms with Crippen LogP contribution in [0.3, 0.4) is 0 Å². The second-order valence-electron chi connectivity index (χ2n) is 14.4. The van der Waals surface area contributed by atoms with Gasteiger partial charge < -0.3 is 4.90 Å². The van der Waals surface area contributed by atoms with Gasteiger partial charge in [0.15, 0.2) is 0 Å². The highest BCUT2D eigenvalue weighted by Crippen LogP contribution is 2.60. The highest BCUT2D eigenvalue weighted by atomic mass is 32.1. The highest BCUT2D eigenvalue weighted by molar-refractivity contribution is 7.25. The molecule has 0 amide bonds. The van der Waals surface area contributed by atoms with Crippen molar-refractivity contribution in [2.24, 2.45) is 0 Å². The van der Waals surface area contributed by atoms with Gasteiger partial charge in [-0.25, -0.2) is 0 Å². The summed E-state index contributed by atoms with van der Waals surface area (Å²) in [4.78, 5) is 2.55. The lowest BCUT2D eigenvalue weighted by Gasteiger charge is -2.35. The van der Waals surface area contributed by atoms with E-state index < -0.39 is 5.41 Å². The fourth-order valence-corrected chi connectivity index (χ4v) is 10.5. The maximum absolute atomic E-state index is 2.55. The largest absolute Gasteiger partial charge is 0.309 e. The number of anilines is 3. The van der Waals surface area contributed by atoms with E-state index in [4.69, 9.17) is 0 Å². The summed E-state index contributed by atoms with van der Waals surface area (Å²) in [7, 11) is 0. The first kappa shape index (κ1) is 31.8. The molecule has 1 heterocycles. The fourth-order valence-electron chi connectivity index (χ4n) is 9.35. The summed E-state index contributed by atoms with van der Waals surface area (Å²) in [5.74, 6) is 0. The Kier molecular flexibility index (Phi) is 7.33. The van der Waals surface area contributed by atoms with Crippen molar-refractivity contribution in [2.75, 3.05) is 4.90 Å². The Morgan fingerprint density at radius 2 is 0.873 bits per heavy atom. The molecule has 0 N–H and O–H groups in total. The van der Waals surface area contributed by atoms with Crippen LogP contribution in [0.25, 0.3) is 53.2 Å². The van der Waals surface area contributed by atoms with Gasteiger partial charge in [-0.1, -0.05) is 182 Å². The number of nitrogens with zero attached hydrogens (tertiary/aromatic N) is 1. The maximum atomic E-state index is 2.55. The minimum Gasteiger partial charge on any atom is -0.309 e. The van der Waals surface area contributed by atoms with Crippen LogP contribution >= 0.6 is 11.3 Å². The van der Waals surface area contributed by atoms with Gasteiger partial charge in [-0.2, -0.15) is 0 Å². The van der Waals surface area contributed by atoms with Crippen LogP contribution in [0.5, 0.6) is 0 Å². The Hall–Kier alpha value is -6.74. The normalized spacial score (nSPS) is 12.9. The number of hydrogen-bond acceptors (Lipinski definition) is 2. The van der Waals surface area contributed by atoms with Crippen molar-refractivity contribution < 1.29 is 0 Å². The van der Waals surface area contributed by atoms with E-state index in [0.717, 1.165) is 17.1 Å². The predicted octanol–water partition coefficient (Wildman–Crippen LogP) is 14.7. The summed E-state index contributed by atoms with van der Waals surface area (Å²) in [6, 6.07) is 78.3. The molecule has 0 atom stereocenters. The average Bonchev–Trinajstić information content (AvgIpc) is 3.79. The zero-order valence-corrected chi connectivity index (χ0v) is 30.9. The summed E-state index contributed by atoms with van der Waals surface area (Å²) in [5.41, 5.74) is 13.0. The number of rotatable bonds is 6. The number of thiophene rings is 1.